The Morgan fingerprint density at radius 1 is 0.525 bits per heavy atom. The molecule has 0 N–H and O–H groups in total. The number of hydrogen-bond donors (Lipinski definition) is 0. The van der Waals surface area contributed by atoms with Gasteiger partial charge in [0.25, 0.3) is 0 Å². The Morgan fingerprint density at radius 2 is 0.850 bits per heavy atom. The molecule has 0 heteroatoms. The Bertz CT molecular complexity index is 1160. The van der Waals surface area contributed by atoms with Crippen molar-refractivity contribution in [1.29, 1.82) is 0 Å². The molecule has 0 aliphatic heterocycles. The van der Waals surface area contributed by atoms with Crippen molar-refractivity contribution in [2.24, 2.45) is 10.8 Å². The summed E-state index contributed by atoms with van der Waals surface area (Å²) in [6, 6.07) is 0. The van der Waals surface area contributed by atoms with E-state index >= 15 is 0 Å². The van der Waals surface area contributed by atoms with Crippen molar-refractivity contribution in [1.82, 2.24) is 0 Å². The standard InChI is InChI=1S/C40H54/c1-31(19-13-21-33(3)25-27-37-35(5)23-15-29-39(37,7)8)17-11-12-18-32(2)20-14-22-34(4)26-28-38-36(6)24-16-30-40(38,9)10/h11-14,17-28H,15-16,29-30H2,1-10H3/b17-11+,18-12+,21-13+,22-14+,31-19+,32-20+,33-25+,34-26+,37-27+,38-28+. The van der Waals surface area contributed by atoms with Crippen molar-refractivity contribution in [3.8, 4) is 0 Å². The molecule has 0 saturated heterocycles. The molecule has 2 rings (SSSR count). The highest BCUT2D eigenvalue weighted by Gasteiger charge is 2.27. The number of rotatable bonds is 9. The van der Waals surface area contributed by atoms with Crippen molar-refractivity contribution >= 4 is 0 Å². The average Bonchev–Trinajstić information content (AvgIpc) is 2.85. The van der Waals surface area contributed by atoms with E-state index in [0.29, 0.717) is 0 Å². The normalized spacial score (nSPS) is 23.4. The fraction of sp³-hybridized carbons (Fsp3) is 0.400. The van der Waals surface area contributed by atoms with Crippen LogP contribution in [0.25, 0.3) is 0 Å². The van der Waals surface area contributed by atoms with Crippen LogP contribution in [0, 0.1) is 10.8 Å². The van der Waals surface area contributed by atoms with Crippen LogP contribution in [0.5, 0.6) is 0 Å². The molecular weight excluding hydrogens is 480 g/mol. The van der Waals surface area contributed by atoms with E-state index in [4.69, 9.17) is 0 Å². The average molecular weight is 535 g/mol. The van der Waals surface area contributed by atoms with Gasteiger partial charge in [0.2, 0.25) is 0 Å². The Labute approximate surface area is 247 Å². The fourth-order valence-electron chi connectivity index (χ4n) is 5.34. The fourth-order valence-corrected chi connectivity index (χ4v) is 5.34. The molecule has 0 radical (unpaired) electrons. The lowest BCUT2D eigenvalue weighted by atomic mass is 9.73. The molecule has 0 fully saturated rings. The predicted molar refractivity (Wildman–Crippen MR) is 181 cm³/mol. The lowest BCUT2D eigenvalue weighted by Gasteiger charge is -2.32. The maximum atomic E-state index is 2.37. The summed E-state index contributed by atoms with van der Waals surface area (Å²) >= 11 is 0. The molecule has 0 aromatic carbocycles. The van der Waals surface area contributed by atoms with Gasteiger partial charge >= 0.3 is 0 Å². The van der Waals surface area contributed by atoms with Gasteiger partial charge in [-0.3, -0.25) is 0 Å². The van der Waals surface area contributed by atoms with Gasteiger partial charge in [-0.25, -0.2) is 0 Å². The van der Waals surface area contributed by atoms with Crippen molar-refractivity contribution in [3.63, 3.8) is 0 Å². The van der Waals surface area contributed by atoms with Crippen LogP contribution in [-0.2, 0) is 0 Å². The smallest absolute Gasteiger partial charge is 0.00981 e. The first kappa shape index (κ1) is 33.1. The van der Waals surface area contributed by atoms with E-state index in [1.165, 1.54) is 70.3 Å². The first-order chi connectivity index (χ1) is 18.8. The van der Waals surface area contributed by atoms with E-state index in [1.54, 1.807) is 0 Å². The van der Waals surface area contributed by atoms with E-state index in [2.05, 4.69) is 166 Å². The zero-order valence-electron chi connectivity index (χ0n) is 27.1. The van der Waals surface area contributed by atoms with Gasteiger partial charge in [-0.15, -0.1) is 0 Å². The second-order valence-corrected chi connectivity index (χ2v) is 12.9. The molecule has 2 aliphatic rings. The first-order valence-corrected chi connectivity index (χ1v) is 15.0. The van der Waals surface area contributed by atoms with Crippen LogP contribution in [0.2, 0.25) is 0 Å². The lowest BCUT2D eigenvalue weighted by molar-refractivity contribution is 0.404. The molecule has 40 heavy (non-hydrogen) atoms. The third-order valence-corrected chi connectivity index (χ3v) is 8.04. The van der Waals surface area contributed by atoms with E-state index in [1.807, 2.05) is 0 Å². The Balaban J connectivity index is 1.90. The van der Waals surface area contributed by atoms with Crippen LogP contribution in [0.4, 0.5) is 0 Å². The van der Waals surface area contributed by atoms with Crippen LogP contribution in [0.1, 0.15) is 94.9 Å². The second-order valence-electron chi connectivity index (χ2n) is 12.9. The highest BCUT2D eigenvalue weighted by atomic mass is 14.3. The van der Waals surface area contributed by atoms with Crippen molar-refractivity contribution in [2.45, 2.75) is 94.9 Å². The molecule has 0 bridgehead atoms. The third-order valence-electron chi connectivity index (χ3n) is 8.04. The van der Waals surface area contributed by atoms with Gasteiger partial charge in [0.15, 0.2) is 0 Å². The van der Waals surface area contributed by atoms with Crippen molar-refractivity contribution in [2.75, 3.05) is 0 Å². The second kappa shape index (κ2) is 15.6. The Hall–Kier alpha value is -3.12. The molecule has 0 aromatic rings. The highest BCUT2D eigenvalue weighted by molar-refractivity contribution is 5.42. The van der Waals surface area contributed by atoms with E-state index in [0.717, 1.165) is 0 Å². The molecule has 0 saturated carbocycles. The van der Waals surface area contributed by atoms with E-state index in [9.17, 15) is 0 Å². The van der Waals surface area contributed by atoms with Gasteiger partial charge in [0.1, 0.15) is 0 Å². The maximum Gasteiger partial charge on any atom is -0.00981 e. The minimum Gasteiger partial charge on any atom is -0.0813 e. The molecular formula is C40H54. The van der Waals surface area contributed by atoms with Gasteiger partial charge in [0.05, 0.1) is 0 Å². The Kier molecular flexibility index (Phi) is 12.9. The van der Waals surface area contributed by atoms with Crippen molar-refractivity contribution in [3.05, 3.63) is 142 Å². The minimum absolute atomic E-state index is 0.259. The molecule has 0 atom stereocenters. The van der Waals surface area contributed by atoms with E-state index in [-0.39, 0.29) is 10.8 Å². The van der Waals surface area contributed by atoms with Crippen LogP contribution < -0.4 is 0 Å². The summed E-state index contributed by atoms with van der Waals surface area (Å²) in [6.07, 6.45) is 40.1. The quantitative estimate of drug-likeness (QED) is 0.258. The van der Waals surface area contributed by atoms with Crippen LogP contribution in [-0.4, -0.2) is 0 Å². The monoisotopic (exact) mass is 534 g/mol. The van der Waals surface area contributed by atoms with Gasteiger partial charge in [-0.05, 0) is 89.2 Å². The predicted octanol–water partition coefficient (Wildman–Crippen LogP) is 12.4. The van der Waals surface area contributed by atoms with Gasteiger partial charge in [-0.2, -0.15) is 0 Å². The first-order valence-electron chi connectivity index (χ1n) is 15.0. The molecule has 0 nitrogen and oxygen atoms in total. The number of allylic oxidation sites excluding steroid dienone is 24. The molecule has 0 heterocycles. The summed E-state index contributed by atoms with van der Waals surface area (Å²) in [5, 5.41) is 0. The molecule has 0 amide bonds. The van der Waals surface area contributed by atoms with Gasteiger partial charge in [-0.1, -0.05) is 158 Å². The summed E-state index contributed by atoms with van der Waals surface area (Å²) in [4.78, 5) is 0. The summed E-state index contributed by atoms with van der Waals surface area (Å²) in [5.74, 6) is 0. The minimum atomic E-state index is 0.259. The zero-order valence-corrected chi connectivity index (χ0v) is 27.1. The van der Waals surface area contributed by atoms with Crippen LogP contribution in [0.15, 0.2) is 142 Å². The van der Waals surface area contributed by atoms with Crippen LogP contribution >= 0.6 is 0 Å². The molecule has 0 aromatic heterocycles. The van der Waals surface area contributed by atoms with E-state index < -0.39 is 0 Å². The summed E-state index contributed by atoms with van der Waals surface area (Å²) < 4.78 is 0. The summed E-state index contributed by atoms with van der Waals surface area (Å²) in [5.41, 5.74) is 11.3. The molecule has 0 spiro atoms. The Morgan fingerprint density at radius 3 is 1.20 bits per heavy atom. The topological polar surface area (TPSA) is 0 Å². The molecule has 2 aliphatic carbocycles. The highest BCUT2D eigenvalue weighted by Crippen LogP contribution is 2.41. The van der Waals surface area contributed by atoms with Gasteiger partial charge < -0.3 is 0 Å². The third kappa shape index (κ3) is 11.2. The van der Waals surface area contributed by atoms with Gasteiger partial charge in [0, 0.05) is 0 Å². The summed E-state index contributed by atoms with van der Waals surface area (Å²) in [6.45, 7) is 22.5. The zero-order chi connectivity index (χ0) is 29.8. The molecule has 214 valence electrons. The molecule has 0 unspecified atom stereocenters. The summed E-state index contributed by atoms with van der Waals surface area (Å²) in [7, 11) is 0. The number of hydrogen-bond acceptors (Lipinski definition) is 0. The largest absolute Gasteiger partial charge is 0.0813 e. The SMILES string of the molecule is CC1=CCCC(C)(C)/C1=C/C=C(C)/C=C/C=C(C)/C=C/C=C/C(C)=C/C=C/C(C)=C/C=C1\C(C)=CCCC1(C)C. The van der Waals surface area contributed by atoms with Crippen molar-refractivity contribution < 1.29 is 0 Å². The maximum absolute atomic E-state index is 2.37. The lowest BCUT2D eigenvalue weighted by Crippen LogP contribution is -2.18. The van der Waals surface area contributed by atoms with Crippen LogP contribution in [0.3, 0.4) is 0 Å².